The summed E-state index contributed by atoms with van der Waals surface area (Å²) in [5.41, 5.74) is 1.06. The third-order valence-corrected chi connectivity index (χ3v) is 5.00. The fourth-order valence-electron chi connectivity index (χ4n) is 2.55. The summed E-state index contributed by atoms with van der Waals surface area (Å²) in [5.74, 6) is 1.76. The van der Waals surface area contributed by atoms with Crippen molar-refractivity contribution in [1.29, 1.82) is 0 Å². The van der Waals surface area contributed by atoms with E-state index in [0.717, 1.165) is 22.7 Å². The second-order valence-electron chi connectivity index (χ2n) is 6.04. The molecule has 0 atom stereocenters. The Morgan fingerprint density at radius 3 is 2.67 bits per heavy atom. The second kappa shape index (κ2) is 7.64. The van der Waals surface area contributed by atoms with Crippen molar-refractivity contribution in [2.75, 3.05) is 26.0 Å². The van der Waals surface area contributed by atoms with E-state index in [9.17, 15) is 0 Å². The highest BCUT2D eigenvalue weighted by molar-refractivity contribution is 7.13. The number of hydrogen-bond acceptors (Lipinski definition) is 4. The van der Waals surface area contributed by atoms with Crippen LogP contribution >= 0.6 is 11.3 Å². The maximum atomic E-state index is 4.57. The van der Waals surface area contributed by atoms with E-state index in [1.54, 1.807) is 11.3 Å². The van der Waals surface area contributed by atoms with Crippen LogP contribution in [0.4, 0.5) is 5.13 Å². The molecule has 2 N–H and O–H groups in total. The molecule has 1 fully saturated rings. The summed E-state index contributed by atoms with van der Waals surface area (Å²) in [6, 6.07) is 0.556. The summed E-state index contributed by atoms with van der Waals surface area (Å²) in [6.07, 6.45) is 5.10. The first-order valence-corrected chi connectivity index (χ1v) is 8.55. The Balaban J connectivity index is 1.79. The SMILES string of the molecule is CN=C(NCc1csc(N(C)C)n1)NC1CCC(C)CC1. The number of nitrogens with zero attached hydrogens (tertiary/aromatic N) is 3. The molecule has 0 aromatic carbocycles. The maximum Gasteiger partial charge on any atom is 0.191 e. The lowest BCUT2D eigenvalue weighted by Gasteiger charge is -2.28. The van der Waals surface area contributed by atoms with E-state index in [1.165, 1.54) is 25.7 Å². The van der Waals surface area contributed by atoms with Crippen LogP contribution in [0.15, 0.2) is 10.4 Å². The van der Waals surface area contributed by atoms with Gasteiger partial charge < -0.3 is 15.5 Å². The molecular formula is C15H27N5S. The van der Waals surface area contributed by atoms with Crippen LogP contribution in [0, 0.1) is 5.92 Å². The molecule has 5 nitrogen and oxygen atoms in total. The molecule has 0 unspecified atom stereocenters. The first kappa shape index (κ1) is 16.1. The van der Waals surface area contributed by atoms with Gasteiger partial charge in [-0.3, -0.25) is 4.99 Å². The van der Waals surface area contributed by atoms with Crippen LogP contribution < -0.4 is 15.5 Å². The number of guanidine groups is 1. The molecule has 0 spiro atoms. The van der Waals surface area contributed by atoms with Gasteiger partial charge in [-0.15, -0.1) is 11.3 Å². The monoisotopic (exact) mass is 309 g/mol. The van der Waals surface area contributed by atoms with E-state index in [4.69, 9.17) is 0 Å². The molecule has 0 amide bonds. The van der Waals surface area contributed by atoms with Gasteiger partial charge >= 0.3 is 0 Å². The zero-order valence-electron chi connectivity index (χ0n) is 13.5. The summed E-state index contributed by atoms with van der Waals surface area (Å²) in [7, 11) is 5.86. The van der Waals surface area contributed by atoms with Gasteiger partial charge in [-0.2, -0.15) is 0 Å². The van der Waals surface area contributed by atoms with Gasteiger partial charge in [0.25, 0.3) is 0 Å². The zero-order valence-corrected chi connectivity index (χ0v) is 14.3. The van der Waals surface area contributed by atoms with Crippen molar-refractivity contribution < 1.29 is 0 Å². The Morgan fingerprint density at radius 1 is 1.38 bits per heavy atom. The van der Waals surface area contributed by atoms with Gasteiger partial charge in [-0.05, 0) is 31.6 Å². The topological polar surface area (TPSA) is 52.6 Å². The predicted molar refractivity (Wildman–Crippen MR) is 91.2 cm³/mol. The molecule has 1 aliphatic carbocycles. The molecule has 0 bridgehead atoms. The first-order valence-electron chi connectivity index (χ1n) is 7.67. The summed E-state index contributed by atoms with van der Waals surface area (Å²) in [5, 5.41) is 10.0. The summed E-state index contributed by atoms with van der Waals surface area (Å²) >= 11 is 1.67. The lowest BCUT2D eigenvalue weighted by Crippen LogP contribution is -2.44. The van der Waals surface area contributed by atoms with Gasteiger partial charge in [0.15, 0.2) is 11.1 Å². The Hall–Kier alpha value is -1.30. The average Bonchev–Trinajstić information content (AvgIpc) is 2.94. The number of nitrogens with one attached hydrogen (secondary N) is 2. The smallest absolute Gasteiger partial charge is 0.191 e. The maximum absolute atomic E-state index is 4.57. The second-order valence-corrected chi connectivity index (χ2v) is 6.88. The minimum atomic E-state index is 0.556. The van der Waals surface area contributed by atoms with E-state index >= 15 is 0 Å². The molecule has 1 heterocycles. The number of hydrogen-bond donors (Lipinski definition) is 2. The fourth-order valence-corrected chi connectivity index (χ4v) is 3.31. The number of aromatic nitrogens is 1. The highest BCUT2D eigenvalue weighted by Crippen LogP contribution is 2.23. The third kappa shape index (κ3) is 4.88. The van der Waals surface area contributed by atoms with Crippen molar-refractivity contribution in [2.45, 2.75) is 45.2 Å². The molecule has 2 rings (SSSR count). The predicted octanol–water partition coefficient (Wildman–Crippen LogP) is 2.45. The number of aliphatic imine (C=N–C) groups is 1. The molecule has 21 heavy (non-hydrogen) atoms. The average molecular weight is 309 g/mol. The third-order valence-electron chi connectivity index (χ3n) is 3.94. The first-order chi connectivity index (χ1) is 10.1. The molecule has 1 saturated carbocycles. The van der Waals surface area contributed by atoms with Crippen molar-refractivity contribution in [3.63, 3.8) is 0 Å². The normalized spacial score (nSPS) is 23.0. The lowest BCUT2D eigenvalue weighted by atomic mass is 9.87. The van der Waals surface area contributed by atoms with Crippen LogP contribution in [0.2, 0.25) is 0 Å². The standard InChI is InChI=1S/C15H27N5S/c1-11-5-7-12(8-6-11)18-14(16-2)17-9-13-10-21-15(19-13)20(3)4/h10-12H,5-9H2,1-4H3,(H2,16,17,18). The van der Waals surface area contributed by atoms with Crippen molar-refractivity contribution in [2.24, 2.45) is 10.9 Å². The van der Waals surface area contributed by atoms with E-state index in [0.29, 0.717) is 12.6 Å². The molecular weight excluding hydrogens is 282 g/mol. The Kier molecular flexibility index (Phi) is 5.85. The van der Waals surface area contributed by atoms with Gasteiger partial charge in [-0.25, -0.2) is 4.98 Å². The van der Waals surface area contributed by atoms with Gasteiger partial charge in [0, 0.05) is 32.6 Å². The Bertz CT molecular complexity index is 460. The van der Waals surface area contributed by atoms with Crippen molar-refractivity contribution >= 4 is 22.4 Å². The van der Waals surface area contributed by atoms with Crippen LogP contribution in [-0.2, 0) is 6.54 Å². The van der Waals surface area contributed by atoms with Crippen molar-refractivity contribution in [1.82, 2.24) is 15.6 Å². The van der Waals surface area contributed by atoms with Crippen molar-refractivity contribution in [3.05, 3.63) is 11.1 Å². The van der Waals surface area contributed by atoms with E-state index in [1.807, 2.05) is 26.0 Å². The largest absolute Gasteiger partial charge is 0.354 e. The van der Waals surface area contributed by atoms with Crippen LogP contribution in [0.1, 0.15) is 38.3 Å². The van der Waals surface area contributed by atoms with Gasteiger partial charge in [0.2, 0.25) is 0 Å². The minimum absolute atomic E-state index is 0.556. The molecule has 1 aliphatic rings. The zero-order chi connectivity index (χ0) is 15.2. The highest BCUT2D eigenvalue weighted by Gasteiger charge is 2.18. The van der Waals surface area contributed by atoms with Crippen LogP contribution in [0.5, 0.6) is 0 Å². The number of rotatable bonds is 4. The van der Waals surface area contributed by atoms with Gasteiger partial charge in [0.1, 0.15) is 0 Å². The Morgan fingerprint density at radius 2 is 2.10 bits per heavy atom. The summed E-state index contributed by atoms with van der Waals surface area (Å²) in [6.45, 7) is 3.06. The van der Waals surface area contributed by atoms with Gasteiger partial charge in [0.05, 0.1) is 12.2 Å². The quantitative estimate of drug-likeness (QED) is 0.662. The number of anilines is 1. The molecule has 1 aromatic rings. The molecule has 118 valence electrons. The number of thiazole rings is 1. The lowest BCUT2D eigenvalue weighted by molar-refractivity contribution is 0.329. The van der Waals surface area contributed by atoms with Crippen LogP contribution in [0.3, 0.4) is 0 Å². The molecule has 0 saturated heterocycles. The molecule has 0 radical (unpaired) electrons. The van der Waals surface area contributed by atoms with Crippen LogP contribution in [-0.4, -0.2) is 38.1 Å². The summed E-state index contributed by atoms with van der Waals surface area (Å²) < 4.78 is 0. The molecule has 1 aromatic heterocycles. The highest BCUT2D eigenvalue weighted by atomic mass is 32.1. The molecule has 6 heteroatoms. The van der Waals surface area contributed by atoms with E-state index in [-0.39, 0.29) is 0 Å². The Labute approximate surface area is 131 Å². The van der Waals surface area contributed by atoms with Gasteiger partial charge in [-0.1, -0.05) is 6.92 Å². The van der Waals surface area contributed by atoms with E-state index in [2.05, 4.69) is 32.9 Å². The fraction of sp³-hybridized carbons (Fsp3) is 0.733. The van der Waals surface area contributed by atoms with E-state index < -0.39 is 0 Å². The summed E-state index contributed by atoms with van der Waals surface area (Å²) in [4.78, 5) is 10.9. The van der Waals surface area contributed by atoms with Crippen molar-refractivity contribution in [3.8, 4) is 0 Å². The molecule has 0 aliphatic heterocycles. The minimum Gasteiger partial charge on any atom is -0.354 e. The van der Waals surface area contributed by atoms with Crippen LogP contribution in [0.25, 0.3) is 0 Å².